The summed E-state index contributed by atoms with van der Waals surface area (Å²) >= 11 is 7.47. The highest BCUT2D eigenvalue weighted by Gasteiger charge is 2.11. The molecule has 0 rings (SSSR count). The second-order valence-electron chi connectivity index (χ2n) is 2.49. The maximum Gasteiger partial charge on any atom is 0.0614 e. The van der Waals surface area contributed by atoms with Gasteiger partial charge in [-0.25, -0.2) is 0 Å². The lowest BCUT2D eigenvalue weighted by Gasteiger charge is -2.14. The summed E-state index contributed by atoms with van der Waals surface area (Å²) in [7, 11) is 0. The number of halogens is 1. The van der Waals surface area contributed by atoms with E-state index in [1.807, 2.05) is 0 Å². The van der Waals surface area contributed by atoms with Crippen molar-refractivity contribution in [2.45, 2.75) is 18.2 Å². The average molecular weight is 213 g/mol. The van der Waals surface area contributed by atoms with Gasteiger partial charge in [-0.1, -0.05) is 15.9 Å². The second-order valence-corrected chi connectivity index (χ2v) is 5.09. The molecule has 0 saturated heterocycles. The Morgan fingerprint density at radius 3 is 2.44 bits per heavy atom. The van der Waals surface area contributed by atoms with Gasteiger partial charge in [-0.05, 0) is 13.8 Å². The van der Waals surface area contributed by atoms with Crippen LogP contribution in [-0.4, -0.2) is 23.3 Å². The number of hydrogen-bond acceptors (Lipinski definition) is 2. The van der Waals surface area contributed by atoms with Crippen LogP contribution < -0.4 is 0 Å². The van der Waals surface area contributed by atoms with E-state index in [2.05, 4.69) is 42.4 Å². The average Bonchev–Trinajstić information content (AvgIpc) is 1.63. The Kier molecular flexibility index (Phi) is 4.98. The van der Waals surface area contributed by atoms with Crippen molar-refractivity contribution >= 4 is 28.6 Å². The van der Waals surface area contributed by atoms with E-state index >= 15 is 0 Å². The Labute approximate surface area is 70.7 Å². The van der Waals surface area contributed by atoms with Crippen LogP contribution in [0.1, 0.15) is 13.8 Å². The number of ether oxygens (including phenoxy) is 1. The second kappa shape index (κ2) is 4.58. The molecular weight excluding hydrogens is 200 g/mol. The van der Waals surface area contributed by atoms with Gasteiger partial charge in [0.15, 0.2) is 0 Å². The molecule has 0 fully saturated rings. The van der Waals surface area contributed by atoms with Crippen LogP contribution in [0.5, 0.6) is 0 Å². The van der Waals surface area contributed by atoms with E-state index in [-0.39, 0.29) is 4.32 Å². The van der Waals surface area contributed by atoms with Gasteiger partial charge in [0.25, 0.3) is 0 Å². The van der Waals surface area contributed by atoms with Crippen LogP contribution in [0.15, 0.2) is 0 Å². The van der Waals surface area contributed by atoms with Crippen molar-refractivity contribution in [3.05, 3.63) is 0 Å². The number of alkyl halides is 1. The van der Waals surface area contributed by atoms with Crippen LogP contribution in [0, 0.1) is 0 Å². The topological polar surface area (TPSA) is 9.23 Å². The Bertz CT molecular complexity index is 69.9. The van der Waals surface area contributed by atoms with Gasteiger partial charge >= 0.3 is 0 Å². The van der Waals surface area contributed by atoms with Crippen LogP contribution in [0.4, 0.5) is 0 Å². The van der Waals surface area contributed by atoms with Crippen molar-refractivity contribution in [1.82, 2.24) is 0 Å². The molecule has 0 unspecified atom stereocenters. The minimum absolute atomic E-state index is 0.107. The van der Waals surface area contributed by atoms with E-state index in [1.54, 1.807) is 0 Å². The largest absolute Gasteiger partial charge is 0.379 e. The first-order chi connectivity index (χ1) is 4.06. The smallest absolute Gasteiger partial charge is 0.0614 e. The first kappa shape index (κ1) is 9.79. The molecule has 0 heterocycles. The number of thiol groups is 1. The van der Waals surface area contributed by atoms with Crippen molar-refractivity contribution in [1.29, 1.82) is 0 Å². The van der Waals surface area contributed by atoms with Crippen molar-refractivity contribution in [2.75, 3.05) is 19.0 Å². The molecule has 0 aliphatic carbocycles. The van der Waals surface area contributed by atoms with Crippen LogP contribution in [0.2, 0.25) is 0 Å². The van der Waals surface area contributed by atoms with Crippen molar-refractivity contribution in [2.24, 2.45) is 0 Å². The molecule has 0 aliphatic rings. The predicted octanol–water partition coefficient (Wildman–Crippen LogP) is 2.11. The van der Waals surface area contributed by atoms with Crippen LogP contribution in [-0.2, 0) is 4.74 Å². The van der Waals surface area contributed by atoms with E-state index in [1.165, 1.54) is 0 Å². The SMILES string of the molecule is CC(C)(Br)COCCS. The zero-order chi connectivity index (χ0) is 7.33. The summed E-state index contributed by atoms with van der Waals surface area (Å²) in [4.78, 5) is 0. The fourth-order valence-electron chi connectivity index (χ4n) is 0.379. The van der Waals surface area contributed by atoms with Gasteiger partial charge < -0.3 is 4.74 Å². The lowest BCUT2D eigenvalue weighted by atomic mass is 10.2. The quantitative estimate of drug-likeness (QED) is 0.427. The molecular formula is C6H13BrOS. The maximum absolute atomic E-state index is 5.22. The lowest BCUT2D eigenvalue weighted by molar-refractivity contribution is 0.136. The molecule has 0 aromatic rings. The Hall–Kier alpha value is 0.790. The molecule has 56 valence electrons. The van der Waals surface area contributed by atoms with Crippen molar-refractivity contribution in [3.8, 4) is 0 Å². The summed E-state index contributed by atoms with van der Waals surface area (Å²) in [5.74, 6) is 0.795. The third-order valence-electron chi connectivity index (χ3n) is 0.681. The summed E-state index contributed by atoms with van der Waals surface area (Å²) in [5.41, 5.74) is 0. The molecule has 1 nitrogen and oxygen atoms in total. The lowest BCUT2D eigenvalue weighted by Crippen LogP contribution is -2.18. The molecule has 0 N–H and O–H groups in total. The minimum atomic E-state index is 0.107. The van der Waals surface area contributed by atoms with Gasteiger partial charge in [-0.3, -0.25) is 0 Å². The zero-order valence-corrected chi connectivity index (χ0v) is 8.34. The summed E-state index contributed by atoms with van der Waals surface area (Å²) in [5, 5.41) is 0. The van der Waals surface area contributed by atoms with E-state index < -0.39 is 0 Å². The highest BCUT2D eigenvalue weighted by molar-refractivity contribution is 9.10. The molecule has 0 aromatic carbocycles. The molecule has 0 radical (unpaired) electrons. The van der Waals surface area contributed by atoms with Crippen LogP contribution in [0.25, 0.3) is 0 Å². The molecule has 0 saturated carbocycles. The minimum Gasteiger partial charge on any atom is -0.379 e. The fourth-order valence-corrected chi connectivity index (χ4v) is 0.670. The Morgan fingerprint density at radius 1 is 1.56 bits per heavy atom. The first-order valence-corrected chi connectivity index (χ1v) is 4.36. The van der Waals surface area contributed by atoms with E-state index in [0.29, 0.717) is 0 Å². The standard InChI is InChI=1S/C6H13BrOS/c1-6(2,7)5-8-3-4-9/h9H,3-5H2,1-2H3. The van der Waals surface area contributed by atoms with Crippen molar-refractivity contribution in [3.63, 3.8) is 0 Å². The van der Waals surface area contributed by atoms with Crippen LogP contribution in [0.3, 0.4) is 0 Å². The molecule has 0 aromatic heterocycles. The van der Waals surface area contributed by atoms with Gasteiger partial charge in [0.05, 0.1) is 13.2 Å². The molecule has 0 aliphatic heterocycles. The van der Waals surface area contributed by atoms with Crippen molar-refractivity contribution < 1.29 is 4.74 Å². The van der Waals surface area contributed by atoms with Gasteiger partial charge in [-0.15, -0.1) is 0 Å². The Morgan fingerprint density at radius 2 is 2.11 bits per heavy atom. The van der Waals surface area contributed by atoms with Gasteiger partial charge in [0, 0.05) is 10.1 Å². The first-order valence-electron chi connectivity index (χ1n) is 2.94. The molecule has 0 amide bonds. The zero-order valence-electron chi connectivity index (χ0n) is 5.85. The summed E-state index contributed by atoms with van der Waals surface area (Å²) < 4.78 is 5.33. The number of rotatable bonds is 4. The van der Waals surface area contributed by atoms with E-state index in [0.717, 1.165) is 19.0 Å². The summed E-state index contributed by atoms with van der Waals surface area (Å²) in [6.07, 6.45) is 0. The van der Waals surface area contributed by atoms with Gasteiger partial charge in [0.2, 0.25) is 0 Å². The van der Waals surface area contributed by atoms with Gasteiger partial charge in [-0.2, -0.15) is 12.6 Å². The molecule has 0 spiro atoms. The fraction of sp³-hybridized carbons (Fsp3) is 1.00. The normalized spacial score (nSPS) is 12.0. The van der Waals surface area contributed by atoms with Crippen LogP contribution >= 0.6 is 28.6 Å². The third kappa shape index (κ3) is 8.79. The van der Waals surface area contributed by atoms with E-state index in [4.69, 9.17) is 4.74 Å². The molecule has 0 bridgehead atoms. The third-order valence-corrected chi connectivity index (χ3v) is 1.09. The molecule has 0 atom stereocenters. The highest BCUT2D eigenvalue weighted by atomic mass is 79.9. The van der Waals surface area contributed by atoms with Gasteiger partial charge in [0.1, 0.15) is 0 Å². The predicted molar refractivity (Wildman–Crippen MR) is 47.7 cm³/mol. The summed E-state index contributed by atoms with van der Waals surface area (Å²) in [6, 6.07) is 0. The highest BCUT2D eigenvalue weighted by Crippen LogP contribution is 2.15. The number of hydrogen-bond donors (Lipinski definition) is 1. The Balaban J connectivity index is 3.07. The molecule has 9 heavy (non-hydrogen) atoms. The maximum atomic E-state index is 5.22. The summed E-state index contributed by atoms with van der Waals surface area (Å²) in [6.45, 7) is 5.63. The van der Waals surface area contributed by atoms with E-state index in [9.17, 15) is 0 Å². The monoisotopic (exact) mass is 212 g/mol. The molecule has 3 heteroatoms.